The van der Waals surface area contributed by atoms with Gasteiger partial charge in [0.05, 0.1) is 28.8 Å². The summed E-state index contributed by atoms with van der Waals surface area (Å²) in [4.78, 5) is 11.6. The van der Waals surface area contributed by atoms with Crippen molar-refractivity contribution in [3.8, 4) is 22.9 Å². The quantitative estimate of drug-likeness (QED) is 0.430. The summed E-state index contributed by atoms with van der Waals surface area (Å²) in [5.41, 5.74) is 7.65. The number of methoxy groups -OCH3 is 1. The normalized spacial score (nSPS) is 21.1. The van der Waals surface area contributed by atoms with Crippen molar-refractivity contribution in [3.05, 3.63) is 40.4 Å². The molecular weight excluding hydrogens is 515 g/mol. The van der Waals surface area contributed by atoms with Gasteiger partial charge in [-0.05, 0) is 49.9 Å². The first-order valence-corrected chi connectivity index (χ1v) is 13.4. The Kier molecular flexibility index (Phi) is 8.52. The van der Waals surface area contributed by atoms with Gasteiger partial charge in [-0.15, -0.1) is 0 Å². The van der Waals surface area contributed by atoms with Gasteiger partial charge in [-0.25, -0.2) is 9.97 Å². The molecule has 0 spiro atoms. The fraction of sp³-hybridized carbons (Fsp3) is 0.481. The molecule has 2 saturated heterocycles. The number of rotatable bonds is 7. The van der Waals surface area contributed by atoms with Crippen LogP contribution in [0, 0.1) is 0 Å². The highest BCUT2D eigenvalue weighted by Gasteiger charge is 2.24. The number of nitrogens with zero attached hydrogens (tertiary/aromatic N) is 3. The Morgan fingerprint density at radius 3 is 2.62 bits per heavy atom. The first kappa shape index (κ1) is 26.3. The van der Waals surface area contributed by atoms with Crippen LogP contribution >= 0.6 is 23.2 Å². The summed E-state index contributed by atoms with van der Waals surface area (Å²) >= 11 is 12.3. The van der Waals surface area contributed by atoms with E-state index >= 15 is 0 Å². The van der Waals surface area contributed by atoms with Crippen molar-refractivity contribution in [2.24, 2.45) is 0 Å². The number of fused-ring (bicyclic) bond motifs is 1. The summed E-state index contributed by atoms with van der Waals surface area (Å²) in [6.45, 7) is 4.71. The molecule has 198 valence electrons. The van der Waals surface area contributed by atoms with E-state index in [9.17, 15) is 0 Å². The second-order valence-electron chi connectivity index (χ2n) is 9.49. The van der Waals surface area contributed by atoms with Crippen LogP contribution in [0.5, 0.6) is 11.5 Å². The SMILES string of the molecule is COc1cc2c(N)nc(-c3ccc(Cl)c(Cl)c3)nc2cc1OCC1CN(CC2CCCCO2)CCCO1. The van der Waals surface area contributed by atoms with E-state index in [1.807, 2.05) is 12.1 Å². The Hall–Kier alpha value is -2.36. The van der Waals surface area contributed by atoms with Gasteiger partial charge in [-0.3, -0.25) is 4.90 Å². The van der Waals surface area contributed by atoms with Crippen LogP contribution < -0.4 is 15.2 Å². The molecular formula is C27H32Cl2N4O4. The number of hydrogen-bond acceptors (Lipinski definition) is 8. The Labute approximate surface area is 227 Å². The summed E-state index contributed by atoms with van der Waals surface area (Å²) in [7, 11) is 1.60. The predicted octanol–water partition coefficient (Wildman–Crippen LogP) is 5.23. The minimum absolute atomic E-state index is 0.0614. The van der Waals surface area contributed by atoms with Crippen LogP contribution in [0.3, 0.4) is 0 Å². The van der Waals surface area contributed by atoms with Gasteiger partial charge in [-0.1, -0.05) is 23.2 Å². The maximum Gasteiger partial charge on any atom is 0.163 e. The molecule has 2 aliphatic heterocycles. The number of nitrogen functional groups attached to an aromatic ring is 1. The smallest absolute Gasteiger partial charge is 0.163 e. The molecule has 2 aromatic carbocycles. The Bertz CT molecular complexity index is 1240. The highest BCUT2D eigenvalue weighted by atomic mass is 35.5. The van der Waals surface area contributed by atoms with E-state index in [0.717, 1.165) is 51.1 Å². The van der Waals surface area contributed by atoms with Crippen molar-refractivity contribution in [2.45, 2.75) is 37.9 Å². The molecule has 2 atom stereocenters. The lowest BCUT2D eigenvalue weighted by Gasteiger charge is -2.30. The number of benzene rings is 2. The van der Waals surface area contributed by atoms with E-state index in [2.05, 4.69) is 9.88 Å². The lowest BCUT2D eigenvalue weighted by Crippen LogP contribution is -2.41. The van der Waals surface area contributed by atoms with E-state index in [1.165, 1.54) is 6.42 Å². The van der Waals surface area contributed by atoms with Crippen molar-refractivity contribution in [2.75, 3.05) is 52.3 Å². The number of halogens is 2. The Morgan fingerprint density at radius 2 is 1.84 bits per heavy atom. The van der Waals surface area contributed by atoms with Gasteiger partial charge in [0, 0.05) is 49.9 Å². The molecule has 0 amide bonds. The van der Waals surface area contributed by atoms with E-state index in [4.69, 9.17) is 52.9 Å². The first-order valence-electron chi connectivity index (χ1n) is 12.7. The molecule has 5 rings (SSSR count). The number of hydrogen-bond donors (Lipinski definition) is 1. The number of nitrogens with two attached hydrogens (primary N) is 1. The third-order valence-corrected chi connectivity index (χ3v) is 7.52. The molecule has 1 aromatic heterocycles. The zero-order chi connectivity index (χ0) is 25.8. The standard InChI is InChI=1S/C27H32Cl2N4O4/c1-34-24-12-20-23(31-27(32-26(20)30)17-6-7-21(28)22(29)11-17)13-25(24)37-16-19-15-33(8-4-10-36-19)14-18-5-2-3-9-35-18/h6-7,11-13,18-19H,2-5,8-10,14-16H2,1H3,(H2,30,31,32). The summed E-state index contributed by atoms with van der Waals surface area (Å²) in [5, 5.41) is 1.57. The molecule has 3 aromatic rings. The van der Waals surface area contributed by atoms with Gasteiger partial charge in [0.25, 0.3) is 0 Å². The minimum Gasteiger partial charge on any atom is -0.493 e. The molecule has 0 aliphatic carbocycles. The molecule has 37 heavy (non-hydrogen) atoms. The highest BCUT2D eigenvalue weighted by molar-refractivity contribution is 6.42. The number of aromatic nitrogens is 2. The van der Waals surface area contributed by atoms with Gasteiger partial charge in [0.1, 0.15) is 18.5 Å². The van der Waals surface area contributed by atoms with Gasteiger partial charge in [0.2, 0.25) is 0 Å². The lowest BCUT2D eigenvalue weighted by molar-refractivity contribution is -0.0172. The summed E-state index contributed by atoms with van der Waals surface area (Å²) < 4.78 is 23.9. The lowest BCUT2D eigenvalue weighted by atomic mass is 10.1. The van der Waals surface area contributed by atoms with Gasteiger partial charge >= 0.3 is 0 Å². The Balaban J connectivity index is 1.33. The van der Waals surface area contributed by atoms with Crippen LogP contribution in [-0.4, -0.2) is 73.6 Å². The number of anilines is 1. The van der Waals surface area contributed by atoms with E-state index < -0.39 is 0 Å². The molecule has 2 fully saturated rings. The summed E-state index contributed by atoms with van der Waals surface area (Å²) in [6, 6.07) is 8.88. The molecule has 2 unspecified atom stereocenters. The predicted molar refractivity (Wildman–Crippen MR) is 146 cm³/mol. The summed E-state index contributed by atoms with van der Waals surface area (Å²) in [5.74, 6) is 1.92. The maximum atomic E-state index is 6.29. The largest absolute Gasteiger partial charge is 0.493 e. The zero-order valence-electron chi connectivity index (χ0n) is 20.9. The monoisotopic (exact) mass is 546 g/mol. The fourth-order valence-corrected chi connectivity index (χ4v) is 5.15. The molecule has 0 radical (unpaired) electrons. The van der Waals surface area contributed by atoms with Crippen LogP contribution in [-0.2, 0) is 9.47 Å². The third-order valence-electron chi connectivity index (χ3n) is 6.78. The average Bonchev–Trinajstić information content (AvgIpc) is 3.14. The Morgan fingerprint density at radius 1 is 1.00 bits per heavy atom. The van der Waals surface area contributed by atoms with Crippen LogP contribution in [0.25, 0.3) is 22.3 Å². The summed E-state index contributed by atoms with van der Waals surface area (Å²) in [6.07, 6.45) is 4.77. The zero-order valence-corrected chi connectivity index (χ0v) is 22.4. The van der Waals surface area contributed by atoms with E-state index in [1.54, 1.807) is 25.3 Å². The highest BCUT2D eigenvalue weighted by Crippen LogP contribution is 2.35. The second-order valence-corrected chi connectivity index (χ2v) is 10.3. The van der Waals surface area contributed by atoms with Crippen LogP contribution in [0.2, 0.25) is 10.0 Å². The van der Waals surface area contributed by atoms with E-state index in [-0.39, 0.29) is 6.10 Å². The molecule has 8 nitrogen and oxygen atoms in total. The van der Waals surface area contributed by atoms with Gasteiger partial charge in [0.15, 0.2) is 17.3 Å². The average molecular weight is 547 g/mol. The number of ether oxygens (including phenoxy) is 4. The van der Waals surface area contributed by atoms with Crippen LogP contribution in [0.1, 0.15) is 25.7 Å². The van der Waals surface area contributed by atoms with Gasteiger partial charge < -0.3 is 24.7 Å². The van der Waals surface area contributed by atoms with Crippen molar-refractivity contribution in [1.29, 1.82) is 0 Å². The molecule has 2 N–H and O–H groups in total. The minimum atomic E-state index is -0.0614. The van der Waals surface area contributed by atoms with Crippen molar-refractivity contribution in [1.82, 2.24) is 14.9 Å². The maximum absolute atomic E-state index is 6.29. The van der Waals surface area contributed by atoms with Crippen molar-refractivity contribution >= 4 is 39.9 Å². The third kappa shape index (κ3) is 6.38. The molecule has 3 heterocycles. The first-order chi connectivity index (χ1) is 18.0. The van der Waals surface area contributed by atoms with Crippen molar-refractivity contribution in [3.63, 3.8) is 0 Å². The molecule has 0 saturated carbocycles. The van der Waals surface area contributed by atoms with Crippen LogP contribution in [0.15, 0.2) is 30.3 Å². The van der Waals surface area contributed by atoms with E-state index in [0.29, 0.717) is 63.4 Å². The van der Waals surface area contributed by atoms with Crippen molar-refractivity contribution < 1.29 is 18.9 Å². The fourth-order valence-electron chi connectivity index (χ4n) is 4.86. The second kappa shape index (κ2) is 12.0. The molecule has 10 heteroatoms. The molecule has 0 bridgehead atoms. The van der Waals surface area contributed by atoms with Gasteiger partial charge in [-0.2, -0.15) is 0 Å². The van der Waals surface area contributed by atoms with Crippen LogP contribution in [0.4, 0.5) is 5.82 Å². The topological polar surface area (TPSA) is 92.0 Å². The molecule has 2 aliphatic rings.